The molecule has 1 aliphatic carbocycles. The van der Waals surface area contributed by atoms with Gasteiger partial charge in [0.15, 0.2) is 0 Å². The molecule has 6 nitrogen and oxygen atoms in total. The highest BCUT2D eigenvalue weighted by Gasteiger charge is 2.20. The summed E-state index contributed by atoms with van der Waals surface area (Å²) in [6.45, 7) is 6.40. The van der Waals surface area contributed by atoms with Gasteiger partial charge in [0.25, 0.3) is 0 Å². The molecule has 0 atom stereocenters. The van der Waals surface area contributed by atoms with Crippen LogP contribution >= 0.6 is 0 Å². The Balaban J connectivity index is 1.78. The monoisotopic (exact) mass is 289 g/mol. The SMILES string of the molecule is CC(C)(C)n1ncn(Cc2ccn(C3CCCC3)n2)c1=O. The van der Waals surface area contributed by atoms with Gasteiger partial charge in [0.05, 0.1) is 23.8 Å². The molecule has 0 saturated heterocycles. The lowest BCUT2D eigenvalue weighted by molar-refractivity contribution is 0.340. The van der Waals surface area contributed by atoms with Crippen LogP contribution in [0.25, 0.3) is 0 Å². The zero-order valence-corrected chi connectivity index (χ0v) is 13.0. The summed E-state index contributed by atoms with van der Waals surface area (Å²) < 4.78 is 5.19. The molecule has 3 rings (SSSR count). The van der Waals surface area contributed by atoms with Gasteiger partial charge >= 0.3 is 5.69 Å². The summed E-state index contributed by atoms with van der Waals surface area (Å²) >= 11 is 0. The summed E-state index contributed by atoms with van der Waals surface area (Å²) in [5.74, 6) is 0. The van der Waals surface area contributed by atoms with Gasteiger partial charge in [-0.1, -0.05) is 12.8 Å². The molecule has 6 heteroatoms. The summed E-state index contributed by atoms with van der Waals surface area (Å²) in [5, 5.41) is 8.82. The van der Waals surface area contributed by atoms with Crippen molar-refractivity contribution in [3.05, 3.63) is 34.8 Å². The lowest BCUT2D eigenvalue weighted by Gasteiger charge is -2.16. The fourth-order valence-corrected chi connectivity index (χ4v) is 2.91. The van der Waals surface area contributed by atoms with Crippen LogP contribution < -0.4 is 5.69 Å². The van der Waals surface area contributed by atoms with Crippen LogP contribution in [0.1, 0.15) is 58.2 Å². The molecule has 0 amide bonds. The smallest absolute Gasteiger partial charge is 0.275 e. The minimum Gasteiger partial charge on any atom is -0.275 e. The predicted octanol–water partition coefficient (Wildman–Crippen LogP) is 2.16. The van der Waals surface area contributed by atoms with Gasteiger partial charge in [-0.05, 0) is 39.7 Å². The van der Waals surface area contributed by atoms with Crippen LogP contribution in [0.2, 0.25) is 0 Å². The molecular weight excluding hydrogens is 266 g/mol. The molecule has 2 aromatic heterocycles. The predicted molar refractivity (Wildman–Crippen MR) is 80.3 cm³/mol. The van der Waals surface area contributed by atoms with E-state index < -0.39 is 0 Å². The highest BCUT2D eigenvalue weighted by molar-refractivity contribution is 5.01. The summed E-state index contributed by atoms with van der Waals surface area (Å²) in [5.41, 5.74) is 0.529. The number of hydrogen-bond acceptors (Lipinski definition) is 3. The first-order valence-corrected chi connectivity index (χ1v) is 7.64. The van der Waals surface area contributed by atoms with Crippen LogP contribution in [0.5, 0.6) is 0 Å². The van der Waals surface area contributed by atoms with Crippen molar-refractivity contribution in [3.63, 3.8) is 0 Å². The molecule has 0 bridgehead atoms. The fraction of sp³-hybridized carbons (Fsp3) is 0.667. The third-order valence-electron chi connectivity index (χ3n) is 4.06. The number of aromatic nitrogens is 5. The van der Waals surface area contributed by atoms with E-state index in [-0.39, 0.29) is 11.2 Å². The molecule has 1 saturated carbocycles. The van der Waals surface area contributed by atoms with Gasteiger partial charge in [-0.15, -0.1) is 0 Å². The zero-order chi connectivity index (χ0) is 15.0. The summed E-state index contributed by atoms with van der Waals surface area (Å²) in [6.07, 6.45) is 8.63. The molecule has 1 fully saturated rings. The summed E-state index contributed by atoms with van der Waals surface area (Å²) in [7, 11) is 0. The van der Waals surface area contributed by atoms with Gasteiger partial charge in [0.1, 0.15) is 6.33 Å². The molecule has 0 aliphatic heterocycles. The Hall–Kier alpha value is -1.85. The third kappa shape index (κ3) is 2.80. The van der Waals surface area contributed by atoms with Crippen molar-refractivity contribution in [1.82, 2.24) is 24.1 Å². The van der Waals surface area contributed by atoms with Crippen LogP contribution in [0, 0.1) is 0 Å². The quantitative estimate of drug-likeness (QED) is 0.870. The number of rotatable bonds is 3. The first-order chi connectivity index (χ1) is 9.95. The van der Waals surface area contributed by atoms with E-state index in [2.05, 4.69) is 14.9 Å². The van der Waals surface area contributed by atoms with Gasteiger partial charge in [0.2, 0.25) is 0 Å². The van der Waals surface area contributed by atoms with Crippen LogP contribution in [-0.4, -0.2) is 24.1 Å². The summed E-state index contributed by atoms with van der Waals surface area (Å²) in [4.78, 5) is 12.3. The van der Waals surface area contributed by atoms with Crippen molar-refractivity contribution >= 4 is 0 Å². The van der Waals surface area contributed by atoms with Gasteiger partial charge < -0.3 is 0 Å². The average molecular weight is 289 g/mol. The molecule has 0 N–H and O–H groups in total. The third-order valence-corrected chi connectivity index (χ3v) is 4.06. The van der Waals surface area contributed by atoms with Crippen LogP contribution in [-0.2, 0) is 12.1 Å². The van der Waals surface area contributed by atoms with Crippen LogP contribution in [0.3, 0.4) is 0 Å². The number of nitrogens with zero attached hydrogens (tertiary/aromatic N) is 5. The fourth-order valence-electron chi connectivity index (χ4n) is 2.91. The van der Waals surface area contributed by atoms with Gasteiger partial charge in [-0.2, -0.15) is 10.2 Å². The highest BCUT2D eigenvalue weighted by Crippen LogP contribution is 2.28. The van der Waals surface area contributed by atoms with Crippen molar-refractivity contribution in [2.24, 2.45) is 0 Å². The van der Waals surface area contributed by atoms with Gasteiger partial charge in [-0.25, -0.2) is 9.48 Å². The van der Waals surface area contributed by atoms with Crippen LogP contribution in [0.15, 0.2) is 23.4 Å². The Bertz CT molecular complexity index is 667. The van der Waals surface area contributed by atoms with Gasteiger partial charge in [0, 0.05) is 6.20 Å². The molecule has 2 aromatic rings. The second-order valence-electron chi connectivity index (χ2n) is 6.85. The van der Waals surface area contributed by atoms with Crippen molar-refractivity contribution < 1.29 is 0 Å². The van der Waals surface area contributed by atoms with Crippen molar-refractivity contribution in [3.8, 4) is 0 Å². The number of hydrogen-bond donors (Lipinski definition) is 0. The maximum atomic E-state index is 12.3. The van der Waals surface area contributed by atoms with Crippen molar-refractivity contribution in [2.75, 3.05) is 0 Å². The minimum atomic E-state index is -0.300. The minimum absolute atomic E-state index is 0.0853. The maximum Gasteiger partial charge on any atom is 0.346 e. The van der Waals surface area contributed by atoms with E-state index in [1.807, 2.05) is 33.0 Å². The lowest BCUT2D eigenvalue weighted by atomic mass is 10.1. The largest absolute Gasteiger partial charge is 0.346 e. The standard InChI is InChI=1S/C15H23N5O/c1-15(2,3)20-14(21)18(11-16-20)10-12-8-9-19(17-12)13-6-4-5-7-13/h8-9,11,13H,4-7,10H2,1-3H3. The second-order valence-corrected chi connectivity index (χ2v) is 6.85. The van der Waals surface area contributed by atoms with E-state index in [0.29, 0.717) is 12.6 Å². The second kappa shape index (κ2) is 5.16. The zero-order valence-electron chi connectivity index (χ0n) is 13.0. The van der Waals surface area contributed by atoms with E-state index in [9.17, 15) is 4.79 Å². The molecule has 0 radical (unpaired) electrons. The molecule has 0 aromatic carbocycles. The van der Waals surface area contributed by atoms with Crippen molar-refractivity contribution in [2.45, 2.75) is 64.6 Å². The first kappa shape index (κ1) is 14.1. The van der Waals surface area contributed by atoms with E-state index in [1.54, 1.807) is 10.9 Å². The van der Waals surface area contributed by atoms with E-state index in [1.165, 1.54) is 30.4 Å². The Labute approximate surface area is 124 Å². The average Bonchev–Trinajstić information content (AvgIpc) is 3.10. The van der Waals surface area contributed by atoms with Crippen molar-refractivity contribution in [1.29, 1.82) is 0 Å². The molecule has 0 unspecified atom stereocenters. The molecule has 2 heterocycles. The Kier molecular flexibility index (Phi) is 3.47. The molecule has 21 heavy (non-hydrogen) atoms. The Morgan fingerprint density at radius 1 is 1.29 bits per heavy atom. The normalized spacial score (nSPS) is 16.7. The van der Waals surface area contributed by atoms with Crippen LogP contribution in [0.4, 0.5) is 0 Å². The molecule has 114 valence electrons. The van der Waals surface area contributed by atoms with E-state index in [0.717, 1.165) is 5.69 Å². The molecule has 1 aliphatic rings. The lowest BCUT2D eigenvalue weighted by Crippen LogP contribution is -2.35. The first-order valence-electron chi connectivity index (χ1n) is 7.64. The topological polar surface area (TPSA) is 57.6 Å². The Morgan fingerprint density at radius 2 is 2.00 bits per heavy atom. The maximum absolute atomic E-state index is 12.3. The van der Waals surface area contributed by atoms with E-state index in [4.69, 9.17) is 0 Å². The summed E-state index contributed by atoms with van der Waals surface area (Å²) in [6, 6.07) is 2.53. The van der Waals surface area contributed by atoms with Gasteiger partial charge in [-0.3, -0.25) is 9.25 Å². The highest BCUT2D eigenvalue weighted by atomic mass is 16.2. The molecular formula is C15H23N5O. The van der Waals surface area contributed by atoms with E-state index >= 15 is 0 Å². The molecule has 0 spiro atoms. The Morgan fingerprint density at radius 3 is 2.62 bits per heavy atom.